The van der Waals surface area contributed by atoms with Crippen molar-refractivity contribution in [1.29, 1.82) is 5.26 Å². The van der Waals surface area contributed by atoms with E-state index in [0.717, 1.165) is 0 Å². The van der Waals surface area contributed by atoms with Gasteiger partial charge in [-0.2, -0.15) is 10.4 Å². The average molecular weight is 382 g/mol. The molecule has 0 aliphatic carbocycles. The third-order valence-corrected chi connectivity index (χ3v) is 4.26. The van der Waals surface area contributed by atoms with E-state index < -0.39 is 5.91 Å². The fraction of sp³-hybridized carbons (Fsp3) is 0. The largest absolute Gasteiger partial charge is 0.505 e. The van der Waals surface area contributed by atoms with Gasteiger partial charge in [-0.25, -0.2) is 0 Å². The molecule has 4 rings (SSSR count). The van der Waals surface area contributed by atoms with Crippen LogP contribution in [-0.4, -0.2) is 21.2 Å². The number of aromatic hydroxyl groups is 1. The fourth-order valence-electron chi connectivity index (χ4n) is 2.85. The average Bonchev–Trinajstić information content (AvgIpc) is 3.21. The number of H-pyrrole nitrogens is 1. The Morgan fingerprint density at radius 1 is 1.10 bits per heavy atom. The molecule has 0 atom stereocenters. The van der Waals surface area contributed by atoms with Crippen molar-refractivity contribution in [2.45, 2.75) is 0 Å². The van der Waals surface area contributed by atoms with Crippen LogP contribution in [0.5, 0.6) is 5.75 Å². The van der Waals surface area contributed by atoms with Gasteiger partial charge in [0.2, 0.25) is 0 Å². The molecule has 0 saturated heterocycles. The third-order valence-electron chi connectivity index (χ3n) is 4.26. The van der Waals surface area contributed by atoms with Crippen molar-refractivity contribution < 1.29 is 9.90 Å². The summed E-state index contributed by atoms with van der Waals surface area (Å²) >= 11 is 0. The number of hydrogen-bond acceptors (Lipinski definition) is 6. The quantitative estimate of drug-likeness (QED) is 0.438. The SMILES string of the molecule is N#Cc1cn[nH]c1/N=N/c1c(O)c(C(=O)Nc2ccccc2)cc2ccccc12. The van der Waals surface area contributed by atoms with Gasteiger partial charge in [0.25, 0.3) is 5.91 Å². The highest BCUT2D eigenvalue weighted by atomic mass is 16.3. The summed E-state index contributed by atoms with van der Waals surface area (Å²) in [7, 11) is 0. The summed E-state index contributed by atoms with van der Waals surface area (Å²) in [6.07, 6.45) is 1.33. The lowest BCUT2D eigenvalue weighted by molar-refractivity contribution is 0.102. The van der Waals surface area contributed by atoms with Crippen molar-refractivity contribution in [2.24, 2.45) is 10.2 Å². The van der Waals surface area contributed by atoms with Crippen molar-refractivity contribution in [3.63, 3.8) is 0 Å². The molecule has 4 aromatic rings. The highest BCUT2D eigenvalue weighted by Crippen LogP contribution is 2.39. The van der Waals surface area contributed by atoms with E-state index >= 15 is 0 Å². The molecule has 1 heterocycles. The predicted molar refractivity (Wildman–Crippen MR) is 107 cm³/mol. The number of carbonyl (C=O) groups is 1. The number of carbonyl (C=O) groups excluding carboxylic acids is 1. The molecule has 0 aliphatic rings. The minimum atomic E-state index is -0.477. The first-order chi connectivity index (χ1) is 14.2. The lowest BCUT2D eigenvalue weighted by Crippen LogP contribution is -2.12. The molecule has 8 nitrogen and oxygen atoms in total. The minimum absolute atomic E-state index is 0.0617. The maximum atomic E-state index is 12.8. The first-order valence-electron chi connectivity index (χ1n) is 8.63. The Morgan fingerprint density at radius 3 is 2.66 bits per heavy atom. The summed E-state index contributed by atoms with van der Waals surface area (Å²) in [6.45, 7) is 0. The number of aromatic amines is 1. The normalized spacial score (nSPS) is 10.9. The number of phenolic OH excluding ortho intramolecular Hbond substituents is 1. The van der Waals surface area contributed by atoms with E-state index in [-0.39, 0.29) is 28.4 Å². The molecule has 0 saturated carbocycles. The zero-order valence-electron chi connectivity index (χ0n) is 15.0. The molecule has 3 N–H and O–H groups in total. The van der Waals surface area contributed by atoms with Crippen LogP contribution in [0.25, 0.3) is 10.8 Å². The Labute approximate surface area is 165 Å². The summed E-state index contributed by atoms with van der Waals surface area (Å²) in [6, 6.07) is 19.7. The number of para-hydroxylation sites is 1. The van der Waals surface area contributed by atoms with E-state index in [4.69, 9.17) is 5.26 Å². The van der Waals surface area contributed by atoms with Gasteiger partial charge in [-0.15, -0.1) is 10.2 Å². The smallest absolute Gasteiger partial charge is 0.259 e. The third kappa shape index (κ3) is 3.52. The van der Waals surface area contributed by atoms with Crippen molar-refractivity contribution in [2.75, 3.05) is 5.32 Å². The van der Waals surface area contributed by atoms with E-state index in [1.807, 2.05) is 24.3 Å². The van der Waals surface area contributed by atoms with Gasteiger partial charge in [0, 0.05) is 11.1 Å². The molecule has 0 spiro atoms. The number of nitrogens with one attached hydrogen (secondary N) is 2. The van der Waals surface area contributed by atoms with Crippen molar-refractivity contribution in [1.82, 2.24) is 10.2 Å². The topological polar surface area (TPSA) is 127 Å². The molecule has 0 aliphatic heterocycles. The summed E-state index contributed by atoms with van der Waals surface area (Å²) in [4.78, 5) is 12.8. The zero-order valence-corrected chi connectivity index (χ0v) is 15.0. The molecule has 8 heteroatoms. The highest BCUT2D eigenvalue weighted by molar-refractivity contribution is 6.11. The van der Waals surface area contributed by atoms with Gasteiger partial charge in [0.05, 0.1) is 11.8 Å². The lowest BCUT2D eigenvalue weighted by Gasteiger charge is -2.11. The molecule has 1 aromatic heterocycles. The van der Waals surface area contributed by atoms with Gasteiger partial charge >= 0.3 is 0 Å². The van der Waals surface area contributed by atoms with E-state index in [0.29, 0.717) is 16.5 Å². The monoisotopic (exact) mass is 382 g/mol. The maximum absolute atomic E-state index is 12.8. The van der Waals surface area contributed by atoms with Crippen molar-refractivity contribution in [3.8, 4) is 11.8 Å². The Kier molecular flexibility index (Phi) is 4.70. The number of aromatic nitrogens is 2. The highest BCUT2D eigenvalue weighted by Gasteiger charge is 2.18. The molecule has 140 valence electrons. The zero-order chi connectivity index (χ0) is 20.2. The molecule has 0 radical (unpaired) electrons. The molecule has 1 amide bonds. The first-order valence-corrected chi connectivity index (χ1v) is 8.63. The Hall–Kier alpha value is -4.51. The summed E-state index contributed by atoms with van der Waals surface area (Å²) < 4.78 is 0. The lowest BCUT2D eigenvalue weighted by atomic mass is 10.0. The number of hydrogen-bond donors (Lipinski definition) is 3. The number of nitrogens with zero attached hydrogens (tertiary/aromatic N) is 4. The van der Waals surface area contributed by atoms with E-state index in [2.05, 4.69) is 25.7 Å². The van der Waals surface area contributed by atoms with Gasteiger partial charge in [-0.3, -0.25) is 9.89 Å². The Morgan fingerprint density at radius 2 is 1.86 bits per heavy atom. The predicted octanol–water partition coefficient (Wildman–Crippen LogP) is 4.81. The van der Waals surface area contributed by atoms with Gasteiger partial charge in [0.1, 0.15) is 17.3 Å². The van der Waals surface area contributed by atoms with Crippen LogP contribution < -0.4 is 5.32 Å². The van der Waals surface area contributed by atoms with Crippen LogP contribution in [-0.2, 0) is 0 Å². The molecular weight excluding hydrogens is 368 g/mol. The minimum Gasteiger partial charge on any atom is -0.505 e. The van der Waals surface area contributed by atoms with Crippen molar-refractivity contribution >= 4 is 33.9 Å². The van der Waals surface area contributed by atoms with Crippen LogP contribution in [0.2, 0.25) is 0 Å². The number of benzene rings is 3. The van der Waals surface area contributed by atoms with E-state index in [1.54, 1.807) is 42.5 Å². The Bertz CT molecular complexity index is 1270. The van der Waals surface area contributed by atoms with Gasteiger partial charge < -0.3 is 10.4 Å². The fourth-order valence-corrected chi connectivity index (χ4v) is 2.85. The number of fused-ring (bicyclic) bond motifs is 1. The van der Waals surface area contributed by atoms with Gasteiger partial charge in [-0.05, 0) is 23.6 Å². The first kappa shape index (κ1) is 17.9. The molecule has 0 fully saturated rings. The summed E-state index contributed by atoms with van der Waals surface area (Å²) in [5.41, 5.74) is 1.01. The Balaban J connectivity index is 1.80. The number of anilines is 1. The number of rotatable bonds is 4. The summed E-state index contributed by atoms with van der Waals surface area (Å²) in [5, 5.41) is 38.4. The molecule has 0 unspecified atom stereocenters. The second-order valence-electron chi connectivity index (χ2n) is 6.11. The van der Waals surface area contributed by atoms with Crippen LogP contribution in [0.3, 0.4) is 0 Å². The van der Waals surface area contributed by atoms with Crippen LogP contribution in [0.15, 0.2) is 77.1 Å². The van der Waals surface area contributed by atoms with E-state index in [9.17, 15) is 9.90 Å². The van der Waals surface area contributed by atoms with Crippen LogP contribution in [0.1, 0.15) is 15.9 Å². The van der Waals surface area contributed by atoms with E-state index in [1.165, 1.54) is 6.20 Å². The maximum Gasteiger partial charge on any atom is 0.259 e. The molecule has 0 bridgehead atoms. The van der Waals surface area contributed by atoms with Crippen LogP contribution >= 0.6 is 0 Å². The number of phenols is 1. The van der Waals surface area contributed by atoms with Crippen molar-refractivity contribution in [3.05, 3.63) is 78.0 Å². The second kappa shape index (κ2) is 7.62. The van der Waals surface area contributed by atoms with Crippen LogP contribution in [0, 0.1) is 11.3 Å². The number of nitriles is 1. The standard InChI is InChI=1S/C21H14N6O2/c22-11-14-12-23-26-20(14)27-25-18-16-9-5-4-6-13(16)10-17(19(18)28)21(29)24-15-7-2-1-3-8-15/h1-10,12,28H,(H,23,26)(H,24,29)/b27-25+. The molecule has 29 heavy (non-hydrogen) atoms. The number of azo groups is 1. The molecular formula is C21H14N6O2. The molecule has 3 aromatic carbocycles. The summed E-state index contributed by atoms with van der Waals surface area (Å²) in [5.74, 6) is -0.621. The second-order valence-corrected chi connectivity index (χ2v) is 6.11. The number of amides is 1. The van der Waals surface area contributed by atoms with Gasteiger partial charge in [-0.1, -0.05) is 42.5 Å². The van der Waals surface area contributed by atoms with Gasteiger partial charge in [0.15, 0.2) is 11.6 Å². The van der Waals surface area contributed by atoms with Crippen LogP contribution in [0.4, 0.5) is 17.2 Å².